The second-order valence-corrected chi connectivity index (χ2v) is 5.71. The topological polar surface area (TPSA) is 85.2 Å². The first-order valence-electron chi connectivity index (χ1n) is 6.84. The molecule has 2 aliphatic rings. The molecule has 1 aliphatic carbocycles. The highest BCUT2D eigenvalue weighted by atomic mass is 15.5. The molecule has 3 atom stereocenters. The van der Waals surface area contributed by atoms with Crippen LogP contribution in [-0.4, -0.2) is 44.2 Å². The predicted molar refractivity (Wildman–Crippen MR) is 69.6 cm³/mol. The van der Waals surface area contributed by atoms with E-state index in [9.17, 15) is 0 Å². The van der Waals surface area contributed by atoms with Gasteiger partial charge >= 0.3 is 0 Å². The average molecular weight is 259 g/mol. The van der Waals surface area contributed by atoms with Gasteiger partial charge in [-0.05, 0) is 41.5 Å². The van der Waals surface area contributed by atoms with Crippen LogP contribution < -0.4 is 10.6 Å². The van der Waals surface area contributed by atoms with E-state index in [1.165, 1.54) is 6.42 Å². The zero-order valence-corrected chi connectivity index (χ0v) is 10.7. The smallest absolute Gasteiger partial charge is 0.199 e. The van der Waals surface area contributed by atoms with Crippen LogP contribution >= 0.6 is 0 Å². The Morgan fingerprint density at radius 2 is 2.05 bits per heavy atom. The molecule has 0 spiro atoms. The number of nitrogens with zero attached hydrogens (tertiary/aromatic N) is 6. The van der Waals surface area contributed by atoms with Crippen LogP contribution in [0.3, 0.4) is 0 Å². The molecule has 1 saturated carbocycles. The Balaban J connectivity index is 1.65. The van der Waals surface area contributed by atoms with Crippen LogP contribution in [0.2, 0.25) is 0 Å². The van der Waals surface area contributed by atoms with E-state index in [4.69, 9.17) is 5.73 Å². The summed E-state index contributed by atoms with van der Waals surface area (Å²) in [5.74, 6) is 2.45. The minimum Gasteiger partial charge on any atom is -0.355 e. The lowest BCUT2D eigenvalue weighted by Gasteiger charge is -2.27. The number of hydrogen-bond donors (Lipinski definition) is 1. The van der Waals surface area contributed by atoms with Crippen LogP contribution in [0.4, 0.5) is 5.82 Å². The average Bonchev–Trinajstić information content (AvgIpc) is 3.03. The van der Waals surface area contributed by atoms with Crippen molar-refractivity contribution in [3.05, 3.63) is 12.4 Å². The van der Waals surface area contributed by atoms with Crippen LogP contribution in [0.25, 0.3) is 5.65 Å². The third kappa shape index (κ3) is 1.76. The Hall–Kier alpha value is -1.76. The molecule has 0 bridgehead atoms. The Labute approximate surface area is 110 Å². The molecule has 3 heterocycles. The standard InChI is InChI=1S/C12H17N7/c13-10-2-1-8-6-18(7-9(8)3-10)12-5-14-4-11-15-16-17-19(11)12/h4-5,8-10H,1-3,6-7,13H2/t8-,9+,10?/m1/s1. The molecule has 1 unspecified atom stereocenters. The molecule has 0 amide bonds. The summed E-state index contributed by atoms with van der Waals surface area (Å²) in [6, 6.07) is 0.378. The summed E-state index contributed by atoms with van der Waals surface area (Å²) in [6.07, 6.45) is 7.06. The summed E-state index contributed by atoms with van der Waals surface area (Å²) < 4.78 is 1.77. The maximum Gasteiger partial charge on any atom is 0.199 e. The summed E-state index contributed by atoms with van der Waals surface area (Å²) in [5.41, 5.74) is 6.78. The van der Waals surface area contributed by atoms with Gasteiger partial charge in [-0.1, -0.05) is 0 Å². The predicted octanol–water partition coefficient (Wildman–Crippen LogP) is 0.0829. The molecule has 7 nitrogen and oxygen atoms in total. The van der Waals surface area contributed by atoms with Crippen LogP contribution in [-0.2, 0) is 0 Å². The fraction of sp³-hybridized carbons (Fsp3) is 0.667. The van der Waals surface area contributed by atoms with Gasteiger partial charge in [-0.2, -0.15) is 4.52 Å². The number of hydrogen-bond acceptors (Lipinski definition) is 6. The molecule has 2 N–H and O–H groups in total. The molecule has 2 aromatic rings. The maximum atomic E-state index is 6.08. The summed E-state index contributed by atoms with van der Waals surface area (Å²) >= 11 is 0. The van der Waals surface area contributed by atoms with E-state index in [0.29, 0.717) is 17.6 Å². The number of nitrogens with two attached hydrogens (primary N) is 1. The highest BCUT2D eigenvalue weighted by molar-refractivity contribution is 5.47. The monoisotopic (exact) mass is 259 g/mol. The lowest BCUT2D eigenvalue weighted by Crippen LogP contribution is -2.32. The fourth-order valence-electron chi connectivity index (χ4n) is 3.53. The van der Waals surface area contributed by atoms with Crippen molar-refractivity contribution < 1.29 is 0 Å². The van der Waals surface area contributed by atoms with Gasteiger partial charge in [-0.3, -0.25) is 4.98 Å². The van der Waals surface area contributed by atoms with Crippen molar-refractivity contribution in [1.82, 2.24) is 25.0 Å². The van der Waals surface area contributed by atoms with Crippen molar-refractivity contribution in [3.63, 3.8) is 0 Å². The van der Waals surface area contributed by atoms with Gasteiger partial charge in [-0.15, -0.1) is 5.10 Å². The summed E-state index contributed by atoms with van der Waals surface area (Å²) in [4.78, 5) is 6.58. The van der Waals surface area contributed by atoms with E-state index in [1.54, 1.807) is 10.7 Å². The SMILES string of the molecule is NC1CC[C@@H]2CN(c3cncc4nnnn34)C[C@@H]2C1. The van der Waals surface area contributed by atoms with Gasteiger partial charge in [0.05, 0.1) is 12.4 Å². The number of aromatic nitrogens is 5. The molecular weight excluding hydrogens is 242 g/mol. The van der Waals surface area contributed by atoms with Crippen LogP contribution in [0, 0.1) is 11.8 Å². The normalized spacial score (nSPS) is 30.8. The number of rotatable bonds is 1. The molecule has 0 aromatic carbocycles. The Morgan fingerprint density at radius 1 is 1.16 bits per heavy atom. The summed E-state index contributed by atoms with van der Waals surface area (Å²) in [7, 11) is 0. The van der Waals surface area contributed by atoms with E-state index in [0.717, 1.165) is 37.7 Å². The van der Waals surface area contributed by atoms with Crippen molar-refractivity contribution in [3.8, 4) is 0 Å². The van der Waals surface area contributed by atoms with Crippen molar-refractivity contribution in [1.29, 1.82) is 0 Å². The third-order valence-corrected chi connectivity index (χ3v) is 4.50. The van der Waals surface area contributed by atoms with E-state index in [1.807, 2.05) is 6.20 Å². The third-order valence-electron chi connectivity index (χ3n) is 4.50. The van der Waals surface area contributed by atoms with Gasteiger partial charge in [0.1, 0.15) is 0 Å². The van der Waals surface area contributed by atoms with Crippen LogP contribution in [0.15, 0.2) is 12.4 Å². The molecule has 2 aromatic heterocycles. The Bertz CT molecular complexity index is 595. The van der Waals surface area contributed by atoms with Gasteiger partial charge in [0.15, 0.2) is 11.5 Å². The van der Waals surface area contributed by atoms with E-state index >= 15 is 0 Å². The van der Waals surface area contributed by atoms with Crippen LogP contribution in [0.5, 0.6) is 0 Å². The first kappa shape index (κ1) is 11.1. The summed E-state index contributed by atoms with van der Waals surface area (Å²) in [5, 5.41) is 11.7. The largest absolute Gasteiger partial charge is 0.355 e. The van der Waals surface area contributed by atoms with Crippen molar-refractivity contribution >= 4 is 11.5 Å². The quantitative estimate of drug-likeness (QED) is 0.781. The second-order valence-electron chi connectivity index (χ2n) is 5.71. The lowest BCUT2D eigenvalue weighted by molar-refractivity contribution is 0.271. The molecule has 0 radical (unpaired) electrons. The first-order chi connectivity index (χ1) is 9.31. The molecule has 2 fully saturated rings. The van der Waals surface area contributed by atoms with Gasteiger partial charge in [0, 0.05) is 19.1 Å². The van der Waals surface area contributed by atoms with E-state index in [-0.39, 0.29) is 0 Å². The Kier molecular flexibility index (Phi) is 2.41. The highest BCUT2D eigenvalue weighted by Crippen LogP contribution is 2.37. The van der Waals surface area contributed by atoms with E-state index in [2.05, 4.69) is 25.4 Å². The molecule has 4 rings (SSSR count). The van der Waals surface area contributed by atoms with Gasteiger partial charge in [0.25, 0.3) is 0 Å². The van der Waals surface area contributed by atoms with Crippen molar-refractivity contribution in [2.45, 2.75) is 25.3 Å². The zero-order chi connectivity index (χ0) is 12.8. The molecule has 7 heteroatoms. The molecule has 1 saturated heterocycles. The van der Waals surface area contributed by atoms with E-state index < -0.39 is 0 Å². The minimum absolute atomic E-state index is 0.378. The highest BCUT2D eigenvalue weighted by Gasteiger charge is 2.37. The molecule has 19 heavy (non-hydrogen) atoms. The molecular formula is C12H17N7. The Morgan fingerprint density at radius 3 is 3.00 bits per heavy atom. The molecule has 1 aliphatic heterocycles. The van der Waals surface area contributed by atoms with Gasteiger partial charge < -0.3 is 10.6 Å². The zero-order valence-electron chi connectivity index (χ0n) is 10.7. The van der Waals surface area contributed by atoms with Crippen LogP contribution in [0.1, 0.15) is 19.3 Å². The minimum atomic E-state index is 0.378. The van der Waals surface area contributed by atoms with Gasteiger partial charge in [-0.25, -0.2) is 0 Å². The van der Waals surface area contributed by atoms with Crippen molar-refractivity contribution in [2.24, 2.45) is 17.6 Å². The summed E-state index contributed by atoms with van der Waals surface area (Å²) in [6.45, 7) is 2.11. The number of fused-ring (bicyclic) bond motifs is 2. The number of anilines is 1. The second kappa shape index (κ2) is 4.12. The maximum absolute atomic E-state index is 6.08. The lowest BCUT2D eigenvalue weighted by atomic mass is 9.79. The van der Waals surface area contributed by atoms with Crippen molar-refractivity contribution in [2.75, 3.05) is 18.0 Å². The number of tetrazole rings is 1. The molecule has 100 valence electrons. The van der Waals surface area contributed by atoms with Gasteiger partial charge in [0.2, 0.25) is 0 Å². The first-order valence-corrected chi connectivity index (χ1v) is 6.84. The fourth-order valence-corrected chi connectivity index (χ4v) is 3.53.